The molecule has 6 aromatic heterocycles. The number of hydrogen-bond acceptors (Lipinski definition) is 10. The van der Waals surface area contributed by atoms with Crippen LogP contribution in [0.5, 0.6) is 0 Å². The molecule has 2 aliphatic rings. The standard InChI is InChI=1S/2C31H32FN3O3/c2*1-18-28(19(2)38-34-18)21-15-27-29(33-17-21)24-10-9-22(31(3,4)36)16-26(24)35(27)30(20-11-13-37-14-12-20)23-7-5-6-8-25(23)32/h2*5-10,15-17,20,30,36H,11-14H2,1-4H3. The van der Waals surface area contributed by atoms with Gasteiger partial charge in [0.05, 0.1) is 67.8 Å². The van der Waals surface area contributed by atoms with E-state index in [0.717, 1.165) is 126 Å². The van der Waals surface area contributed by atoms with Crippen molar-refractivity contribution >= 4 is 43.9 Å². The number of aliphatic hydroxyl groups is 2. The van der Waals surface area contributed by atoms with E-state index in [0.29, 0.717) is 37.6 Å². The Hall–Kier alpha value is -7.10. The lowest BCUT2D eigenvalue weighted by Gasteiger charge is -2.33. The summed E-state index contributed by atoms with van der Waals surface area (Å²) in [6, 6.07) is 29.8. The van der Waals surface area contributed by atoms with Crippen LogP contribution in [0, 0.1) is 51.2 Å². The van der Waals surface area contributed by atoms with E-state index in [1.54, 1.807) is 39.8 Å². The van der Waals surface area contributed by atoms with Crippen molar-refractivity contribution in [3.63, 3.8) is 0 Å². The van der Waals surface area contributed by atoms with E-state index in [1.807, 2.05) is 101 Å². The first-order valence-electron chi connectivity index (χ1n) is 26.3. The first-order valence-corrected chi connectivity index (χ1v) is 26.3. The molecule has 0 aliphatic carbocycles. The van der Waals surface area contributed by atoms with Crippen molar-refractivity contribution in [2.24, 2.45) is 11.8 Å². The van der Waals surface area contributed by atoms with Crippen LogP contribution in [0.4, 0.5) is 8.78 Å². The second-order valence-corrected chi connectivity index (χ2v) is 21.7. The van der Waals surface area contributed by atoms with Gasteiger partial charge in [0.2, 0.25) is 0 Å². The number of halogens is 2. The second-order valence-electron chi connectivity index (χ2n) is 21.7. The summed E-state index contributed by atoms with van der Waals surface area (Å²) in [4.78, 5) is 9.86. The van der Waals surface area contributed by atoms with Gasteiger partial charge < -0.3 is 37.9 Å². The number of fused-ring (bicyclic) bond motifs is 6. The Morgan fingerprint density at radius 3 is 1.25 bits per heavy atom. The monoisotopic (exact) mass is 1030 g/mol. The third-order valence-electron chi connectivity index (χ3n) is 15.8. The average molecular weight is 1030 g/mol. The summed E-state index contributed by atoms with van der Waals surface area (Å²) in [5, 5.41) is 32.0. The highest BCUT2D eigenvalue weighted by Crippen LogP contribution is 2.45. The molecular formula is C62H64F2N6O6. The molecule has 76 heavy (non-hydrogen) atoms. The molecule has 2 fully saturated rings. The molecule has 0 amide bonds. The van der Waals surface area contributed by atoms with Crippen molar-refractivity contribution in [1.29, 1.82) is 0 Å². The molecule has 2 saturated heterocycles. The molecular weight excluding hydrogens is 963 g/mol. The van der Waals surface area contributed by atoms with Crippen molar-refractivity contribution in [1.82, 2.24) is 29.4 Å². The molecule has 14 heteroatoms. The number of nitrogens with zero attached hydrogens (tertiary/aromatic N) is 6. The van der Waals surface area contributed by atoms with E-state index >= 15 is 8.78 Å². The van der Waals surface area contributed by atoms with Crippen molar-refractivity contribution < 1.29 is 37.5 Å². The predicted molar refractivity (Wildman–Crippen MR) is 291 cm³/mol. The number of aryl methyl sites for hydroxylation is 4. The van der Waals surface area contributed by atoms with E-state index in [9.17, 15) is 10.2 Å². The first-order chi connectivity index (χ1) is 36.5. The Bertz CT molecular complexity index is 3490. The Morgan fingerprint density at radius 1 is 0.526 bits per heavy atom. The van der Waals surface area contributed by atoms with Crippen molar-refractivity contribution in [3.05, 3.63) is 166 Å². The van der Waals surface area contributed by atoms with Crippen LogP contribution in [0.2, 0.25) is 0 Å². The van der Waals surface area contributed by atoms with Crippen molar-refractivity contribution in [2.45, 2.75) is 104 Å². The van der Waals surface area contributed by atoms with E-state index in [1.165, 1.54) is 12.1 Å². The molecule has 10 aromatic rings. The highest BCUT2D eigenvalue weighted by Gasteiger charge is 2.35. The van der Waals surface area contributed by atoms with Crippen LogP contribution >= 0.6 is 0 Å². The summed E-state index contributed by atoms with van der Waals surface area (Å²) < 4.78 is 57.9. The molecule has 0 radical (unpaired) electrons. The zero-order chi connectivity index (χ0) is 53.2. The summed E-state index contributed by atoms with van der Waals surface area (Å²) in [5.41, 5.74) is 11.4. The lowest BCUT2D eigenvalue weighted by atomic mass is 9.86. The second kappa shape index (κ2) is 20.1. The van der Waals surface area contributed by atoms with Gasteiger partial charge in [-0.1, -0.05) is 71.0 Å². The van der Waals surface area contributed by atoms with Crippen LogP contribution < -0.4 is 0 Å². The Kier molecular flexibility index (Phi) is 13.5. The van der Waals surface area contributed by atoms with Crippen LogP contribution in [0.1, 0.15) is 111 Å². The molecule has 2 aliphatic heterocycles. The van der Waals surface area contributed by atoms with Crippen LogP contribution in [-0.4, -0.2) is 66.1 Å². The summed E-state index contributed by atoms with van der Waals surface area (Å²) in [5.74, 6) is 1.32. The summed E-state index contributed by atoms with van der Waals surface area (Å²) in [6.45, 7) is 17.3. The van der Waals surface area contributed by atoms with Gasteiger partial charge in [0.25, 0.3) is 0 Å². The van der Waals surface area contributed by atoms with E-state index in [-0.39, 0.29) is 35.6 Å². The van der Waals surface area contributed by atoms with Gasteiger partial charge in [-0.15, -0.1) is 0 Å². The minimum atomic E-state index is -1.03. The zero-order valence-electron chi connectivity index (χ0n) is 44.3. The topological polar surface area (TPSA) is 147 Å². The summed E-state index contributed by atoms with van der Waals surface area (Å²) >= 11 is 0. The maximum atomic E-state index is 15.5. The Balaban J connectivity index is 0.000000162. The van der Waals surface area contributed by atoms with Gasteiger partial charge in [0.1, 0.15) is 23.2 Å². The number of rotatable bonds is 10. The van der Waals surface area contributed by atoms with Crippen LogP contribution in [-0.2, 0) is 20.7 Å². The van der Waals surface area contributed by atoms with Crippen LogP contribution in [0.15, 0.2) is 119 Å². The van der Waals surface area contributed by atoms with Gasteiger partial charge >= 0.3 is 0 Å². The van der Waals surface area contributed by atoms with E-state index < -0.39 is 11.2 Å². The van der Waals surface area contributed by atoms with Gasteiger partial charge in [-0.05, 0) is 140 Å². The summed E-state index contributed by atoms with van der Waals surface area (Å²) in [6.07, 6.45) is 7.00. The Labute approximate surface area is 440 Å². The number of pyridine rings is 2. The van der Waals surface area contributed by atoms with Crippen LogP contribution in [0.3, 0.4) is 0 Å². The quantitative estimate of drug-likeness (QED) is 0.136. The molecule has 0 spiro atoms. The molecule has 0 bridgehead atoms. The summed E-state index contributed by atoms with van der Waals surface area (Å²) in [7, 11) is 0. The maximum Gasteiger partial charge on any atom is 0.141 e. The first kappa shape index (κ1) is 51.0. The molecule has 2 atom stereocenters. The van der Waals surface area contributed by atoms with Gasteiger partial charge in [-0.25, -0.2) is 8.78 Å². The highest BCUT2D eigenvalue weighted by atomic mass is 19.1. The normalized spacial score (nSPS) is 15.9. The number of ether oxygens (including phenoxy) is 2. The molecule has 2 unspecified atom stereocenters. The van der Waals surface area contributed by atoms with Gasteiger partial charge in [0.15, 0.2) is 0 Å². The van der Waals surface area contributed by atoms with Crippen molar-refractivity contribution in [2.75, 3.05) is 26.4 Å². The fourth-order valence-corrected chi connectivity index (χ4v) is 11.9. The SMILES string of the molecule is Cc1noc(C)c1-c1cnc2c3ccc(C(C)(C)O)cc3n(C(c3ccccc3F)C3CCOCC3)c2c1.Cc1noc(C)c1-c1cnc2c3ccc(C(C)(C)O)cc3n(C(c3ccccc3F)C3CCOCC3)c2c1. The average Bonchev–Trinajstić information content (AvgIpc) is 4.14. The van der Waals surface area contributed by atoms with Gasteiger partial charge in [0, 0.05) is 83.0 Å². The van der Waals surface area contributed by atoms with E-state index in [4.69, 9.17) is 28.5 Å². The fraction of sp³-hybridized carbons (Fsp3) is 0.355. The molecule has 0 saturated carbocycles. The maximum absolute atomic E-state index is 15.5. The molecule has 12 rings (SSSR count). The largest absolute Gasteiger partial charge is 0.386 e. The lowest BCUT2D eigenvalue weighted by Crippen LogP contribution is -2.27. The van der Waals surface area contributed by atoms with Crippen LogP contribution in [0.25, 0.3) is 66.1 Å². The molecule has 4 aromatic carbocycles. The number of benzene rings is 4. The fourth-order valence-electron chi connectivity index (χ4n) is 11.9. The minimum absolute atomic E-state index is 0.160. The molecule has 12 nitrogen and oxygen atoms in total. The predicted octanol–water partition coefficient (Wildman–Crippen LogP) is 13.7. The third kappa shape index (κ3) is 9.28. The lowest BCUT2D eigenvalue weighted by molar-refractivity contribution is 0.0547. The van der Waals surface area contributed by atoms with Crippen molar-refractivity contribution in [3.8, 4) is 22.3 Å². The minimum Gasteiger partial charge on any atom is -0.386 e. The smallest absolute Gasteiger partial charge is 0.141 e. The van der Waals surface area contributed by atoms with E-state index in [2.05, 4.69) is 31.6 Å². The third-order valence-corrected chi connectivity index (χ3v) is 15.8. The Morgan fingerprint density at radius 2 is 0.908 bits per heavy atom. The molecule has 8 heterocycles. The highest BCUT2D eigenvalue weighted by molar-refractivity contribution is 6.08. The van der Waals surface area contributed by atoms with Gasteiger partial charge in [-0.3, -0.25) is 9.97 Å². The number of hydrogen-bond donors (Lipinski definition) is 2. The molecule has 392 valence electrons. The zero-order valence-corrected chi connectivity index (χ0v) is 44.3. The molecule has 2 N–H and O–H groups in total. The number of aromatic nitrogens is 6. The van der Waals surface area contributed by atoms with Gasteiger partial charge in [-0.2, -0.15) is 0 Å².